The predicted molar refractivity (Wildman–Crippen MR) is 116 cm³/mol. The number of fused-ring (bicyclic) bond motifs is 5. The Morgan fingerprint density at radius 1 is 1.33 bits per heavy atom. The highest BCUT2D eigenvalue weighted by Gasteiger charge is 2.53. The first-order valence-corrected chi connectivity index (χ1v) is 11.4. The molecule has 4 aliphatic rings. The Morgan fingerprint density at radius 2 is 2.12 bits per heavy atom. The maximum atomic E-state index is 13.3. The van der Waals surface area contributed by atoms with Crippen molar-refractivity contribution in [2.75, 3.05) is 37.7 Å². The minimum absolute atomic E-state index is 0.0261. The van der Waals surface area contributed by atoms with Gasteiger partial charge in [-0.25, -0.2) is 13.8 Å². The third-order valence-electron chi connectivity index (χ3n) is 6.99. The summed E-state index contributed by atoms with van der Waals surface area (Å²) in [6.45, 7) is 4.61. The van der Waals surface area contributed by atoms with Crippen molar-refractivity contribution in [1.29, 1.82) is 0 Å². The molecule has 1 amide bonds. The van der Waals surface area contributed by atoms with E-state index in [0.717, 1.165) is 10.6 Å². The molecule has 33 heavy (non-hydrogen) atoms. The second kappa shape index (κ2) is 7.07. The molecule has 4 aliphatic heterocycles. The Bertz CT molecular complexity index is 1180. The fraction of sp³-hybridized carbons (Fsp3) is 0.619. The van der Waals surface area contributed by atoms with E-state index in [1.165, 1.54) is 0 Å². The Kier molecular flexibility index (Phi) is 4.54. The fourth-order valence-corrected chi connectivity index (χ4v) is 6.13. The van der Waals surface area contributed by atoms with Gasteiger partial charge in [0, 0.05) is 31.1 Å². The topological polar surface area (TPSA) is 96.1 Å². The number of nitrogens with one attached hydrogen (secondary N) is 1. The van der Waals surface area contributed by atoms with Crippen LogP contribution in [-0.2, 0) is 11.2 Å². The molecular weight excluding hydrogens is 458 g/mol. The maximum absolute atomic E-state index is 13.3. The Hall–Kier alpha value is -2.37. The average molecular weight is 481 g/mol. The molecule has 0 radical (unpaired) electrons. The van der Waals surface area contributed by atoms with Crippen LogP contribution in [0.2, 0.25) is 5.02 Å². The molecule has 2 fully saturated rings. The summed E-state index contributed by atoms with van der Waals surface area (Å²) < 4.78 is 38.2. The number of alkyl halides is 2. The number of carbonyl (C=O) groups excluding carboxylic acids is 1. The first-order valence-electron chi connectivity index (χ1n) is 11.0. The third-order valence-corrected chi connectivity index (χ3v) is 7.34. The summed E-state index contributed by atoms with van der Waals surface area (Å²) in [6.07, 6.45) is 2.40. The summed E-state index contributed by atoms with van der Waals surface area (Å²) in [5.41, 5.74) is 1.35. The molecule has 9 nitrogen and oxygen atoms in total. The van der Waals surface area contributed by atoms with Crippen molar-refractivity contribution in [3.63, 3.8) is 0 Å². The van der Waals surface area contributed by atoms with Crippen LogP contribution >= 0.6 is 11.6 Å². The van der Waals surface area contributed by atoms with E-state index in [0.29, 0.717) is 36.9 Å². The van der Waals surface area contributed by atoms with Crippen LogP contribution < -0.4 is 10.2 Å². The van der Waals surface area contributed by atoms with Crippen molar-refractivity contribution < 1.29 is 22.8 Å². The standard InChI is InChI=1S/C21H23ClF2N6O3/c1-10-4-30-16-12(3-20(5-25-9-26-6-20)18(30)11(2)32-10)27-14-15(28-33-17(14)13(16)22)19(31)29-7-21(23,24)8-29/h5,10-11,18,26H,3-4,6-9H2,1-2H3/t10-,11+,18-,20?/m0/s1. The van der Waals surface area contributed by atoms with Gasteiger partial charge in [-0.05, 0) is 13.8 Å². The molecule has 0 aliphatic carbocycles. The number of anilines is 1. The average Bonchev–Trinajstić information content (AvgIpc) is 3.15. The zero-order chi connectivity index (χ0) is 23.1. The van der Waals surface area contributed by atoms with E-state index in [9.17, 15) is 13.6 Å². The molecule has 176 valence electrons. The number of morpholine rings is 1. The second-order valence-corrected chi connectivity index (χ2v) is 9.88. The molecule has 2 aromatic heterocycles. The second-order valence-electron chi connectivity index (χ2n) is 9.50. The van der Waals surface area contributed by atoms with Crippen LogP contribution in [0.5, 0.6) is 0 Å². The van der Waals surface area contributed by atoms with Crippen molar-refractivity contribution >= 4 is 40.5 Å². The van der Waals surface area contributed by atoms with Crippen molar-refractivity contribution in [1.82, 2.24) is 20.4 Å². The van der Waals surface area contributed by atoms with Gasteiger partial charge in [0.15, 0.2) is 5.69 Å². The van der Waals surface area contributed by atoms with E-state index in [-0.39, 0.29) is 40.5 Å². The van der Waals surface area contributed by atoms with Gasteiger partial charge in [-0.2, -0.15) is 0 Å². The Labute approximate surface area is 193 Å². The molecule has 0 bridgehead atoms. The van der Waals surface area contributed by atoms with Gasteiger partial charge in [0.1, 0.15) is 10.5 Å². The SMILES string of the molecule is C[C@H]1CN2c3c(nc4c(C(=O)N5CC(F)(F)C5)noc4c3Cl)CC3(C=NCNC3)[C@@H]2[C@@H](C)O1. The number of aromatic nitrogens is 2. The molecule has 0 aromatic carbocycles. The minimum atomic E-state index is -2.88. The van der Waals surface area contributed by atoms with Crippen LogP contribution in [-0.4, -0.2) is 84.2 Å². The van der Waals surface area contributed by atoms with Crippen LogP contribution in [0, 0.1) is 5.41 Å². The van der Waals surface area contributed by atoms with Gasteiger partial charge in [-0.3, -0.25) is 15.1 Å². The van der Waals surface area contributed by atoms with Crippen molar-refractivity contribution in [2.45, 2.75) is 44.4 Å². The van der Waals surface area contributed by atoms with E-state index in [1.54, 1.807) is 0 Å². The lowest BCUT2D eigenvalue weighted by molar-refractivity contribution is -0.113. The lowest BCUT2D eigenvalue weighted by Gasteiger charge is -2.55. The lowest BCUT2D eigenvalue weighted by Crippen LogP contribution is -2.67. The molecular formula is C21H23ClF2N6O3. The minimum Gasteiger partial charge on any atom is -0.372 e. The summed E-state index contributed by atoms with van der Waals surface area (Å²) in [4.78, 5) is 25.3. The molecule has 0 saturated carbocycles. The number of pyridine rings is 1. The predicted octanol–water partition coefficient (Wildman–Crippen LogP) is 2.12. The summed E-state index contributed by atoms with van der Waals surface area (Å²) in [6, 6.07) is -0.0261. The number of halogens is 3. The van der Waals surface area contributed by atoms with E-state index >= 15 is 0 Å². The Morgan fingerprint density at radius 3 is 2.82 bits per heavy atom. The summed E-state index contributed by atoms with van der Waals surface area (Å²) >= 11 is 6.84. The molecule has 6 rings (SSSR count). The van der Waals surface area contributed by atoms with Crippen LogP contribution in [0.25, 0.3) is 11.1 Å². The van der Waals surface area contributed by atoms with Gasteiger partial charge in [0.25, 0.3) is 11.8 Å². The van der Waals surface area contributed by atoms with Crippen molar-refractivity contribution in [3.8, 4) is 0 Å². The molecule has 1 unspecified atom stereocenters. The third kappa shape index (κ3) is 3.08. The zero-order valence-electron chi connectivity index (χ0n) is 18.1. The molecule has 6 heterocycles. The lowest BCUT2D eigenvalue weighted by atomic mass is 9.70. The quantitative estimate of drug-likeness (QED) is 0.668. The molecule has 2 aromatic rings. The first kappa shape index (κ1) is 21.2. The van der Waals surface area contributed by atoms with Gasteiger partial charge < -0.3 is 19.1 Å². The highest BCUT2D eigenvalue weighted by molar-refractivity contribution is 6.38. The summed E-state index contributed by atoms with van der Waals surface area (Å²) in [5.74, 6) is -3.51. The maximum Gasteiger partial charge on any atom is 0.282 e. The van der Waals surface area contributed by atoms with Gasteiger partial charge >= 0.3 is 0 Å². The monoisotopic (exact) mass is 480 g/mol. The van der Waals surface area contributed by atoms with Crippen molar-refractivity contribution in [3.05, 3.63) is 16.4 Å². The largest absolute Gasteiger partial charge is 0.372 e. The van der Waals surface area contributed by atoms with Gasteiger partial charge in [0.2, 0.25) is 5.58 Å². The van der Waals surface area contributed by atoms with E-state index in [1.807, 2.05) is 13.1 Å². The van der Waals surface area contributed by atoms with Gasteiger partial charge in [0.05, 0.1) is 49.4 Å². The molecule has 1 spiro atoms. The fourth-order valence-electron chi connectivity index (χ4n) is 5.78. The van der Waals surface area contributed by atoms with Crippen molar-refractivity contribution in [2.24, 2.45) is 10.4 Å². The first-order chi connectivity index (χ1) is 15.7. The number of hydrogen-bond donors (Lipinski definition) is 1. The molecule has 2 saturated heterocycles. The van der Waals surface area contributed by atoms with Crippen LogP contribution in [0.4, 0.5) is 14.5 Å². The number of likely N-dealkylation sites (tertiary alicyclic amines) is 1. The zero-order valence-corrected chi connectivity index (χ0v) is 18.9. The molecule has 4 atom stereocenters. The highest BCUT2D eigenvalue weighted by Crippen LogP contribution is 2.49. The number of nitrogens with zero attached hydrogens (tertiary/aromatic N) is 5. The normalized spacial score (nSPS) is 32.6. The van der Waals surface area contributed by atoms with Crippen LogP contribution in [0.15, 0.2) is 9.52 Å². The van der Waals surface area contributed by atoms with Gasteiger partial charge in [-0.15, -0.1) is 0 Å². The number of rotatable bonds is 1. The van der Waals surface area contributed by atoms with E-state index < -0.39 is 24.9 Å². The number of ether oxygens (including phenoxy) is 1. The number of aliphatic imine (C=N–C) groups is 1. The highest BCUT2D eigenvalue weighted by atomic mass is 35.5. The summed E-state index contributed by atoms with van der Waals surface area (Å²) in [7, 11) is 0. The number of carbonyl (C=O) groups is 1. The van der Waals surface area contributed by atoms with Crippen LogP contribution in [0.1, 0.15) is 30.0 Å². The molecule has 1 N–H and O–H groups in total. The number of amides is 1. The van der Waals surface area contributed by atoms with Crippen LogP contribution in [0.3, 0.4) is 0 Å². The van der Waals surface area contributed by atoms with E-state index in [2.05, 4.69) is 27.3 Å². The van der Waals surface area contributed by atoms with Gasteiger partial charge in [-0.1, -0.05) is 16.8 Å². The molecule has 12 heteroatoms. The smallest absolute Gasteiger partial charge is 0.282 e. The van der Waals surface area contributed by atoms with E-state index in [4.69, 9.17) is 25.8 Å². The Balaban J connectivity index is 1.48. The number of hydrogen-bond acceptors (Lipinski definition) is 8. The summed E-state index contributed by atoms with van der Waals surface area (Å²) in [5, 5.41) is 7.54.